The maximum absolute atomic E-state index is 14.2. The quantitative estimate of drug-likeness (QED) is 0.442. The average Bonchev–Trinajstić information content (AvgIpc) is 3.38. The van der Waals surface area contributed by atoms with Crippen LogP contribution >= 0.6 is 0 Å². The first kappa shape index (κ1) is 25.4. The van der Waals surface area contributed by atoms with Crippen LogP contribution in [0.1, 0.15) is 41.9 Å². The normalized spacial score (nSPS) is 21.5. The van der Waals surface area contributed by atoms with E-state index >= 15 is 0 Å². The highest BCUT2D eigenvalue weighted by Gasteiger charge is 2.28. The van der Waals surface area contributed by atoms with Crippen LogP contribution in [0.3, 0.4) is 0 Å². The van der Waals surface area contributed by atoms with E-state index in [-0.39, 0.29) is 24.4 Å². The monoisotopic (exact) mass is 507 g/mol. The van der Waals surface area contributed by atoms with Gasteiger partial charge in [0.1, 0.15) is 17.8 Å². The molecule has 3 heterocycles. The lowest BCUT2D eigenvalue weighted by molar-refractivity contribution is -0.138. The SMILES string of the molecule is N=C(c1ccc(C2=NOC(CN3CCN(CC(=O)O)CC3)C2)cc1)N1CCC(c2ccccc2F)CC1. The minimum atomic E-state index is -0.781. The van der Waals surface area contributed by atoms with E-state index < -0.39 is 5.97 Å². The Hall–Kier alpha value is -3.30. The molecule has 0 radical (unpaired) electrons. The molecule has 0 bridgehead atoms. The number of hydrogen-bond acceptors (Lipinski definition) is 6. The molecular weight excluding hydrogens is 473 g/mol. The highest BCUT2D eigenvalue weighted by molar-refractivity contribution is 6.02. The molecule has 0 aromatic heterocycles. The number of halogens is 1. The van der Waals surface area contributed by atoms with Crippen molar-refractivity contribution in [1.29, 1.82) is 5.41 Å². The van der Waals surface area contributed by atoms with Crippen LogP contribution in [0.25, 0.3) is 0 Å². The third-order valence-electron chi connectivity index (χ3n) is 7.67. The molecule has 0 saturated carbocycles. The van der Waals surface area contributed by atoms with E-state index in [1.54, 1.807) is 6.07 Å². The summed E-state index contributed by atoms with van der Waals surface area (Å²) >= 11 is 0. The van der Waals surface area contributed by atoms with Crippen molar-refractivity contribution in [2.75, 3.05) is 52.4 Å². The molecule has 1 unspecified atom stereocenters. The highest BCUT2D eigenvalue weighted by atomic mass is 19.1. The van der Waals surface area contributed by atoms with Crippen LogP contribution in [0.4, 0.5) is 4.39 Å². The molecule has 2 saturated heterocycles. The number of hydrogen-bond donors (Lipinski definition) is 2. The third kappa shape index (κ3) is 6.17. The van der Waals surface area contributed by atoms with Gasteiger partial charge < -0.3 is 14.8 Å². The summed E-state index contributed by atoms with van der Waals surface area (Å²) in [5.74, 6) is -0.209. The number of carboxylic acids is 1. The van der Waals surface area contributed by atoms with Gasteiger partial charge in [-0.05, 0) is 36.0 Å². The van der Waals surface area contributed by atoms with Crippen molar-refractivity contribution >= 4 is 17.5 Å². The van der Waals surface area contributed by atoms with Gasteiger partial charge in [0.25, 0.3) is 0 Å². The molecule has 2 fully saturated rings. The molecule has 9 heteroatoms. The molecule has 196 valence electrons. The molecule has 0 spiro atoms. The van der Waals surface area contributed by atoms with Gasteiger partial charge in [0.15, 0.2) is 0 Å². The molecule has 3 aliphatic rings. The second kappa shape index (κ2) is 11.4. The Labute approximate surface area is 216 Å². The van der Waals surface area contributed by atoms with Crippen LogP contribution in [0.5, 0.6) is 0 Å². The standard InChI is InChI=1S/C28H34FN5O3/c29-25-4-2-1-3-24(25)20-9-11-34(12-10-20)28(30)22-7-5-21(6-8-22)26-17-23(37-31-26)18-32-13-15-33(16-14-32)19-27(35)36/h1-8,20,23,30H,9-19H2,(H,35,36). The topological polar surface area (TPSA) is 92.5 Å². The first-order valence-electron chi connectivity index (χ1n) is 13.0. The van der Waals surface area contributed by atoms with Gasteiger partial charge in [0.05, 0.1) is 12.3 Å². The van der Waals surface area contributed by atoms with Crippen LogP contribution in [0.15, 0.2) is 53.7 Å². The molecule has 0 amide bonds. The zero-order valence-electron chi connectivity index (χ0n) is 21.0. The zero-order chi connectivity index (χ0) is 25.8. The lowest BCUT2D eigenvalue weighted by Crippen LogP contribution is -2.49. The Balaban J connectivity index is 1.09. The molecule has 2 N–H and O–H groups in total. The number of likely N-dealkylation sites (tertiary alicyclic amines) is 1. The van der Waals surface area contributed by atoms with Crippen LogP contribution in [-0.2, 0) is 9.63 Å². The third-order valence-corrected chi connectivity index (χ3v) is 7.67. The Bertz CT molecular complexity index is 1140. The summed E-state index contributed by atoms with van der Waals surface area (Å²) in [5.41, 5.74) is 3.57. The maximum atomic E-state index is 14.2. The van der Waals surface area contributed by atoms with Crippen molar-refractivity contribution in [3.8, 4) is 0 Å². The van der Waals surface area contributed by atoms with E-state index in [0.717, 1.165) is 87.5 Å². The molecule has 5 rings (SSSR count). The number of piperazine rings is 1. The summed E-state index contributed by atoms with van der Waals surface area (Å²) in [5, 5.41) is 22.0. The largest absolute Gasteiger partial charge is 0.480 e. The fraction of sp³-hybridized carbons (Fsp3) is 0.464. The van der Waals surface area contributed by atoms with Gasteiger partial charge in [-0.25, -0.2) is 4.39 Å². The number of amidine groups is 1. The first-order chi connectivity index (χ1) is 18.0. The van der Waals surface area contributed by atoms with E-state index in [4.69, 9.17) is 15.4 Å². The Kier molecular flexibility index (Phi) is 7.81. The van der Waals surface area contributed by atoms with Gasteiger partial charge in [0, 0.05) is 57.8 Å². The molecule has 37 heavy (non-hydrogen) atoms. The number of aliphatic carboxylic acids is 1. The smallest absolute Gasteiger partial charge is 0.317 e. The highest BCUT2D eigenvalue weighted by Crippen LogP contribution is 2.30. The predicted molar refractivity (Wildman–Crippen MR) is 140 cm³/mol. The average molecular weight is 508 g/mol. The predicted octanol–water partition coefficient (Wildman–Crippen LogP) is 3.23. The summed E-state index contributed by atoms with van der Waals surface area (Å²) in [7, 11) is 0. The summed E-state index contributed by atoms with van der Waals surface area (Å²) in [6, 6.07) is 15.0. The van der Waals surface area contributed by atoms with Crippen molar-refractivity contribution in [1.82, 2.24) is 14.7 Å². The lowest BCUT2D eigenvalue weighted by Gasteiger charge is -2.34. The molecule has 2 aromatic carbocycles. The lowest BCUT2D eigenvalue weighted by atomic mass is 9.89. The molecular formula is C28H34FN5O3. The molecule has 2 aromatic rings. The van der Waals surface area contributed by atoms with E-state index in [1.165, 1.54) is 6.07 Å². The van der Waals surface area contributed by atoms with Crippen LogP contribution in [-0.4, -0.2) is 95.8 Å². The van der Waals surface area contributed by atoms with Gasteiger partial charge >= 0.3 is 5.97 Å². The fourth-order valence-electron chi connectivity index (χ4n) is 5.53. The summed E-state index contributed by atoms with van der Waals surface area (Å²) in [4.78, 5) is 22.9. The minimum Gasteiger partial charge on any atom is -0.480 e. The number of rotatable bonds is 7. The van der Waals surface area contributed by atoms with Gasteiger partial charge in [-0.1, -0.05) is 47.6 Å². The Morgan fingerprint density at radius 1 is 1.00 bits per heavy atom. The number of nitrogens with one attached hydrogen (secondary N) is 1. The Morgan fingerprint density at radius 2 is 1.68 bits per heavy atom. The molecule has 8 nitrogen and oxygen atoms in total. The van der Waals surface area contributed by atoms with Gasteiger partial charge in [0.2, 0.25) is 0 Å². The van der Waals surface area contributed by atoms with Gasteiger partial charge in [-0.15, -0.1) is 0 Å². The number of piperidine rings is 1. The van der Waals surface area contributed by atoms with Crippen molar-refractivity contribution < 1.29 is 19.1 Å². The summed E-state index contributed by atoms with van der Waals surface area (Å²) in [6.07, 6.45) is 2.40. The van der Waals surface area contributed by atoms with Crippen molar-refractivity contribution in [2.24, 2.45) is 5.16 Å². The summed E-state index contributed by atoms with van der Waals surface area (Å²) < 4.78 is 14.2. The molecule has 0 aliphatic carbocycles. The maximum Gasteiger partial charge on any atom is 0.317 e. The van der Waals surface area contributed by atoms with E-state index in [2.05, 4.69) is 15.0 Å². The van der Waals surface area contributed by atoms with Crippen LogP contribution in [0, 0.1) is 11.2 Å². The van der Waals surface area contributed by atoms with E-state index in [0.29, 0.717) is 5.84 Å². The fourth-order valence-corrected chi connectivity index (χ4v) is 5.53. The number of carboxylic acid groups (broad SMARTS) is 1. The second-order valence-corrected chi connectivity index (χ2v) is 10.1. The van der Waals surface area contributed by atoms with E-state index in [1.807, 2.05) is 41.3 Å². The van der Waals surface area contributed by atoms with Gasteiger partial charge in [-0.2, -0.15) is 0 Å². The number of benzene rings is 2. The van der Waals surface area contributed by atoms with E-state index in [9.17, 15) is 9.18 Å². The Morgan fingerprint density at radius 3 is 2.35 bits per heavy atom. The molecule has 3 aliphatic heterocycles. The van der Waals surface area contributed by atoms with Gasteiger partial charge in [-0.3, -0.25) is 20.0 Å². The van der Waals surface area contributed by atoms with Crippen LogP contribution < -0.4 is 0 Å². The summed E-state index contributed by atoms with van der Waals surface area (Å²) in [6.45, 7) is 5.52. The minimum absolute atomic E-state index is 0.00486. The number of oxime groups is 1. The van der Waals surface area contributed by atoms with Crippen molar-refractivity contribution in [3.63, 3.8) is 0 Å². The molecule has 1 atom stereocenters. The van der Waals surface area contributed by atoms with Crippen molar-refractivity contribution in [3.05, 3.63) is 71.0 Å². The first-order valence-corrected chi connectivity index (χ1v) is 13.0. The number of nitrogens with zero attached hydrogens (tertiary/aromatic N) is 4. The zero-order valence-corrected chi connectivity index (χ0v) is 21.0. The van der Waals surface area contributed by atoms with Crippen molar-refractivity contribution in [2.45, 2.75) is 31.3 Å². The van der Waals surface area contributed by atoms with Crippen LogP contribution in [0.2, 0.25) is 0 Å². The number of carbonyl (C=O) groups is 1. The second-order valence-electron chi connectivity index (χ2n) is 10.1.